The molecule has 22 heavy (non-hydrogen) atoms. The molecule has 2 fully saturated rings. The smallest absolute Gasteiger partial charge is 0.282 e. The predicted molar refractivity (Wildman–Crippen MR) is 85.5 cm³/mol. The Morgan fingerprint density at radius 2 is 1.91 bits per heavy atom. The number of nitrogens with zero attached hydrogens (tertiary/aromatic N) is 3. The summed E-state index contributed by atoms with van der Waals surface area (Å²) in [4.78, 5) is 4.14. The predicted octanol–water partition coefficient (Wildman–Crippen LogP) is 1.15. The molecule has 3 heterocycles. The summed E-state index contributed by atoms with van der Waals surface area (Å²) >= 11 is 0. The Balaban J connectivity index is 1.86. The van der Waals surface area contributed by atoms with E-state index < -0.39 is 10.2 Å². The molecule has 1 atom stereocenters. The van der Waals surface area contributed by atoms with Gasteiger partial charge in [-0.2, -0.15) is 17.0 Å². The molecule has 1 aromatic heterocycles. The molecule has 0 aromatic carbocycles. The van der Waals surface area contributed by atoms with E-state index in [1.807, 2.05) is 12.1 Å². The van der Waals surface area contributed by atoms with Gasteiger partial charge >= 0.3 is 0 Å². The van der Waals surface area contributed by atoms with Gasteiger partial charge in [0.15, 0.2) is 0 Å². The highest BCUT2D eigenvalue weighted by Crippen LogP contribution is 2.27. The summed E-state index contributed by atoms with van der Waals surface area (Å²) in [6.45, 7) is 3.14. The van der Waals surface area contributed by atoms with Crippen LogP contribution in [0, 0.1) is 0 Å². The Bertz CT molecular complexity index is 570. The zero-order valence-electron chi connectivity index (χ0n) is 12.8. The highest BCUT2D eigenvalue weighted by atomic mass is 32.2. The summed E-state index contributed by atoms with van der Waals surface area (Å²) in [5, 5.41) is 3.30. The SMILES string of the molecule is O=S(=O)(N1CCCCCC1)N1CCNCC1c1cccnc1. The average molecular weight is 324 g/mol. The van der Waals surface area contributed by atoms with Gasteiger partial charge in [0.1, 0.15) is 0 Å². The van der Waals surface area contributed by atoms with Crippen LogP contribution in [0.15, 0.2) is 24.5 Å². The van der Waals surface area contributed by atoms with Crippen molar-refractivity contribution < 1.29 is 8.42 Å². The van der Waals surface area contributed by atoms with E-state index >= 15 is 0 Å². The zero-order valence-corrected chi connectivity index (χ0v) is 13.6. The van der Waals surface area contributed by atoms with Crippen LogP contribution in [-0.2, 0) is 10.2 Å². The summed E-state index contributed by atoms with van der Waals surface area (Å²) in [5.41, 5.74) is 0.952. The molecular weight excluding hydrogens is 300 g/mol. The van der Waals surface area contributed by atoms with Crippen molar-refractivity contribution >= 4 is 10.2 Å². The standard InChI is InChI=1S/C15H24N4O2S/c20-22(21,18-9-3-1-2-4-10-18)19-11-8-17-13-15(19)14-6-5-7-16-12-14/h5-7,12,15,17H,1-4,8-11,13H2. The molecule has 2 aliphatic heterocycles. The van der Waals surface area contributed by atoms with E-state index in [0.717, 1.165) is 31.2 Å². The molecule has 1 N–H and O–H groups in total. The van der Waals surface area contributed by atoms with Crippen LogP contribution in [-0.4, -0.2) is 54.7 Å². The molecule has 0 amide bonds. The minimum atomic E-state index is -3.41. The van der Waals surface area contributed by atoms with Crippen LogP contribution in [0.3, 0.4) is 0 Å². The number of rotatable bonds is 3. The highest BCUT2D eigenvalue weighted by Gasteiger charge is 2.37. The largest absolute Gasteiger partial charge is 0.313 e. The van der Waals surface area contributed by atoms with Crippen LogP contribution in [0.25, 0.3) is 0 Å². The molecule has 0 bridgehead atoms. The van der Waals surface area contributed by atoms with Gasteiger partial charge in [-0.05, 0) is 24.5 Å². The molecule has 0 radical (unpaired) electrons. The van der Waals surface area contributed by atoms with Gasteiger partial charge in [0.25, 0.3) is 10.2 Å². The minimum Gasteiger partial charge on any atom is -0.313 e. The molecule has 7 heteroatoms. The molecule has 0 spiro atoms. The summed E-state index contributed by atoms with van der Waals surface area (Å²) in [7, 11) is -3.41. The highest BCUT2D eigenvalue weighted by molar-refractivity contribution is 7.86. The van der Waals surface area contributed by atoms with Crippen LogP contribution < -0.4 is 5.32 Å². The molecule has 1 unspecified atom stereocenters. The second kappa shape index (κ2) is 7.04. The van der Waals surface area contributed by atoms with Crippen molar-refractivity contribution in [2.24, 2.45) is 0 Å². The molecule has 122 valence electrons. The normalized spacial score (nSPS) is 25.7. The Morgan fingerprint density at radius 3 is 2.59 bits per heavy atom. The van der Waals surface area contributed by atoms with E-state index in [0.29, 0.717) is 32.7 Å². The van der Waals surface area contributed by atoms with Gasteiger partial charge in [-0.3, -0.25) is 4.98 Å². The third-order valence-electron chi connectivity index (χ3n) is 4.45. The first-order chi connectivity index (χ1) is 10.7. The van der Waals surface area contributed by atoms with E-state index in [-0.39, 0.29) is 6.04 Å². The second-order valence-electron chi connectivity index (χ2n) is 5.94. The molecular formula is C15H24N4O2S. The number of aromatic nitrogens is 1. The van der Waals surface area contributed by atoms with E-state index in [1.165, 1.54) is 0 Å². The van der Waals surface area contributed by atoms with Crippen molar-refractivity contribution in [1.29, 1.82) is 0 Å². The number of piperazine rings is 1. The van der Waals surface area contributed by atoms with E-state index in [1.54, 1.807) is 21.0 Å². The quantitative estimate of drug-likeness (QED) is 0.906. The summed E-state index contributed by atoms with van der Waals surface area (Å²) in [5.74, 6) is 0. The number of hydrogen-bond donors (Lipinski definition) is 1. The van der Waals surface area contributed by atoms with Gasteiger partial charge in [-0.25, -0.2) is 0 Å². The zero-order chi connectivity index (χ0) is 15.4. The maximum absolute atomic E-state index is 13.1. The fourth-order valence-corrected chi connectivity index (χ4v) is 5.10. The maximum Gasteiger partial charge on any atom is 0.282 e. The lowest BCUT2D eigenvalue weighted by Crippen LogP contribution is -2.53. The van der Waals surface area contributed by atoms with Gasteiger partial charge < -0.3 is 5.32 Å². The number of nitrogens with one attached hydrogen (secondary N) is 1. The third kappa shape index (κ3) is 3.32. The average Bonchev–Trinajstić information content (AvgIpc) is 2.85. The van der Waals surface area contributed by atoms with Crippen LogP contribution in [0.4, 0.5) is 0 Å². The Hall–Kier alpha value is -1.02. The van der Waals surface area contributed by atoms with Crippen LogP contribution in [0.1, 0.15) is 37.3 Å². The van der Waals surface area contributed by atoms with Crippen LogP contribution >= 0.6 is 0 Å². The lowest BCUT2D eigenvalue weighted by Gasteiger charge is -2.38. The Labute approximate surface area is 132 Å². The van der Waals surface area contributed by atoms with Gasteiger partial charge in [0.2, 0.25) is 0 Å². The molecule has 2 saturated heterocycles. The van der Waals surface area contributed by atoms with Crippen molar-refractivity contribution in [3.05, 3.63) is 30.1 Å². The van der Waals surface area contributed by atoms with Crippen LogP contribution in [0.2, 0.25) is 0 Å². The first kappa shape index (κ1) is 15.9. The van der Waals surface area contributed by atoms with Gasteiger partial charge in [0.05, 0.1) is 6.04 Å². The van der Waals surface area contributed by atoms with Crippen LogP contribution in [0.5, 0.6) is 0 Å². The molecule has 0 saturated carbocycles. The fraction of sp³-hybridized carbons (Fsp3) is 0.667. The van der Waals surface area contributed by atoms with Gasteiger partial charge in [0, 0.05) is 45.1 Å². The molecule has 2 aliphatic rings. The first-order valence-electron chi connectivity index (χ1n) is 8.07. The summed E-state index contributed by atoms with van der Waals surface area (Å²) in [6.07, 6.45) is 7.65. The monoisotopic (exact) mass is 324 g/mol. The molecule has 0 aliphatic carbocycles. The van der Waals surface area contributed by atoms with Crippen molar-refractivity contribution in [3.8, 4) is 0 Å². The van der Waals surface area contributed by atoms with Crippen molar-refractivity contribution in [2.45, 2.75) is 31.7 Å². The topological polar surface area (TPSA) is 65.5 Å². The Morgan fingerprint density at radius 1 is 1.14 bits per heavy atom. The molecule has 1 aromatic rings. The van der Waals surface area contributed by atoms with Gasteiger partial charge in [-0.1, -0.05) is 18.9 Å². The first-order valence-corrected chi connectivity index (χ1v) is 9.47. The van der Waals surface area contributed by atoms with Crippen molar-refractivity contribution in [3.63, 3.8) is 0 Å². The third-order valence-corrected chi connectivity index (χ3v) is 6.50. The summed E-state index contributed by atoms with van der Waals surface area (Å²) in [6, 6.07) is 3.65. The van der Waals surface area contributed by atoms with Gasteiger partial charge in [-0.15, -0.1) is 0 Å². The van der Waals surface area contributed by atoms with Crippen molar-refractivity contribution in [1.82, 2.24) is 18.9 Å². The lowest BCUT2D eigenvalue weighted by molar-refractivity contribution is 0.247. The number of hydrogen-bond acceptors (Lipinski definition) is 4. The lowest BCUT2D eigenvalue weighted by atomic mass is 10.1. The summed E-state index contributed by atoms with van der Waals surface area (Å²) < 4.78 is 29.5. The molecule has 3 rings (SSSR count). The second-order valence-corrected chi connectivity index (χ2v) is 7.82. The van der Waals surface area contributed by atoms with Crippen molar-refractivity contribution in [2.75, 3.05) is 32.7 Å². The Kier molecular flexibility index (Phi) is 5.07. The number of pyridine rings is 1. The fourth-order valence-electron chi connectivity index (χ4n) is 3.24. The maximum atomic E-state index is 13.1. The van der Waals surface area contributed by atoms with E-state index in [2.05, 4.69) is 10.3 Å². The minimum absolute atomic E-state index is 0.171. The molecule has 6 nitrogen and oxygen atoms in total. The van der Waals surface area contributed by atoms with E-state index in [4.69, 9.17) is 0 Å². The van der Waals surface area contributed by atoms with E-state index in [9.17, 15) is 8.42 Å².